The minimum atomic E-state index is -1.01. The molecule has 2 N–H and O–H groups in total. The first-order valence-electron chi connectivity index (χ1n) is 6.10. The van der Waals surface area contributed by atoms with Crippen LogP contribution in [-0.4, -0.2) is 23.5 Å². The predicted molar refractivity (Wildman–Crippen MR) is 67.7 cm³/mol. The molecule has 96 valence electrons. The fraction of sp³-hybridized carbons (Fsp3) is 0.429. The van der Waals surface area contributed by atoms with E-state index in [0.717, 1.165) is 12.0 Å². The molecule has 0 aromatic heterocycles. The predicted octanol–water partition coefficient (Wildman–Crippen LogP) is 2.08. The van der Waals surface area contributed by atoms with Crippen LogP contribution >= 0.6 is 0 Å². The van der Waals surface area contributed by atoms with E-state index in [4.69, 9.17) is 5.11 Å². The van der Waals surface area contributed by atoms with Gasteiger partial charge in [-0.05, 0) is 48.9 Å². The van der Waals surface area contributed by atoms with E-state index in [2.05, 4.69) is 12.2 Å². The second-order valence-electron chi connectivity index (χ2n) is 5.08. The van der Waals surface area contributed by atoms with Crippen LogP contribution in [0.3, 0.4) is 0 Å². The smallest absolute Gasteiger partial charge is 0.335 e. The fourth-order valence-corrected chi connectivity index (χ4v) is 2.05. The Morgan fingerprint density at radius 3 is 2.50 bits per heavy atom. The molecular formula is C14H17NO3. The van der Waals surface area contributed by atoms with Gasteiger partial charge in [-0.1, -0.05) is 6.92 Å². The van der Waals surface area contributed by atoms with E-state index in [1.165, 1.54) is 6.07 Å². The van der Waals surface area contributed by atoms with E-state index in [-0.39, 0.29) is 11.5 Å². The number of hydrogen-bond acceptors (Lipinski definition) is 2. The zero-order valence-corrected chi connectivity index (χ0v) is 10.6. The fourth-order valence-electron chi connectivity index (χ4n) is 2.05. The number of carboxylic acid groups (broad SMARTS) is 1. The van der Waals surface area contributed by atoms with Gasteiger partial charge < -0.3 is 10.4 Å². The zero-order valence-electron chi connectivity index (χ0n) is 10.6. The molecule has 1 amide bonds. The monoisotopic (exact) mass is 247 g/mol. The van der Waals surface area contributed by atoms with Crippen molar-refractivity contribution in [3.8, 4) is 0 Å². The Labute approximate surface area is 106 Å². The first kappa shape index (κ1) is 12.6. The summed E-state index contributed by atoms with van der Waals surface area (Å²) in [6.45, 7) is 4.62. The highest BCUT2D eigenvalue weighted by molar-refractivity contribution is 5.97. The molecule has 0 aliphatic heterocycles. The van der Waals surface area contributed by atoms with E-state index in [1.807, 2.05) is 0 Å². The van der Waals surface area contributed by atoms with E-state index < -0.39 is 5.97 Å². The van der Waals surface area contributed by atoms with Crippen molar-refractivity contribution >= 4 is 11.9 Å². The topological polar surface area (TPSA) is 66.4 Å². The molecule has 1 aliphatic rings. The van der Waals surface area contributed by atoms with E-state index >= 15 is 0 Å². The lowest BCUT2D eigenvalue weighted by Gasteiger charge is -2.06. The van der Waals surface area contributed by atoms with Crippen molar-refractivity contribution in [2.24, 2.45) is 11.8 Å². The van der Waals surface area contributed by atoms with Crippen LogP contribution in [0.4, 0.5) is 0 Å². The maximum atomic E-state index is 11.9. The molecule has 1 aromatic carbocycles. The Hall–Kier alpha value is -1.84. The number of carbonyl (C=O) groups is 2. The summed E-state index contributed by atoms with van der Waals surface area (Å²) in [5.41, 5.74) is 1.35. The lowest BCUT2D eigenvalue weighted by atomic mass is 10.1. The van der Waals surface area contributed by atoms with Crippen LogP contribution in [0.5, 0.6) is 0 Å². The van der Waals surface area contributed by atoms with Crippen LogP contribution in [0.15, 0.2) is 18.2 Å². The van der Waals surface area contributed by atoms with Gasteiger partial charge in [-0.2, -0.15) is 0 Å². The first-order chi connectivity index (χ1) is 8.47. The maximum absolute atomic E-state index is 11.9. The lowest BCUT2D eigenvalue weighted by molar-refractivity contribution is 0.0696. The molecule has 18 heavy (non-hydrogen) atoms. The Bertz CT molecular complexity index is 496. The van der Waals surface area contributed by atoms with Crippen LogP contribution in [0.2, 0.25) is 0 Å². The third kappa shape index (κ3) is 2.88. The van der Waals surface area contributed by atoms with Gasteiger partial charge in [0.15, 0.2) is 0 Å². The third-order valence-corrected chi connectivity index (χ3v) is 3.39. The molecule has 0 bridgehead atoms. The van der Waals surface area contributed by atoms with Crippen molar-refractivity contribution in [2.75, 3.05) is 6.54 Å². The molecule has 0 radical (unpaired) electrons. The van der Waals surface area contributed by atoms with E-state index in [1.54, 1.807) is 19.1 Å². The van der Waals surface area contributed by atoms with E-state index in [9.17, 15) is 9.59 Å². The molecule has 1 saturated carbocycles. The molecule has 4 heteroatoms. The second kappa shape index (κ2) is 4.80. The second-order valence-corrected chi connectivity index (χ2v) is 5.08. The average Bonchev–Trinajstić information content (AvgIpc) is 3.01. The minimum absolute atomic E-state index is 0.153. The highest BCUT2D eigenvalue weighted by Gasteiger charge is 2.32. The molecule has 2 rings (SSSR count). The summed E-state index contributed by atoms with van der Waals surface area (Å²) in [4.78, 5) is 22.8. The molecule has 1 aliphatic carbocycles. The summed E-state index contributed by atoms with van der Waals surface area (Å²) in [6.07, 6.45) is 1.16. The van der Waals surface area contributed by atoms with Gasteiger partial charge in [0.25, 0.3) is 5.91 Å². The summed E-state index contributed by atoms with van der Waals surface area (Å²) in [5, 5.41) is 11.8. The Balaban J connectivity index is 2.06. The van der Waals surface area contributed by atoms with Gasteiger partial charge in [-0.15, -0.1) is 0 Å². The number of nitrogens with one attached hydrogen (secondary N) is 1. The molecule has 2 atom stereocenters. The average molecular weight is 247 g/mol. The summed E-state index contributed by atoms with van der Waals surface area (Å²) in [6, 6.07) is 4.68. The van der Waals surface area contributed by atoms with Crippen LogP contribution in [0.1, 0.15) is 39.6 Å². The molecule has 0 spiro atoms. The molecular weight excluding hydrogens is 230 g/mol. The highest BCUT2D eigenvalue weighted by Crippen LogP contribution is 2.36. The third-order valence-electron chi connectivity index (χ3n) is 3.39. The summed E-state index contributed by atoms with van der Waals surface area (Å²) < 4.78 is 0. The largest absolute Gasteiger partial charge is 0.478 e. The van der Waals surface area contributed by atoms with Crippen LogP contribution in [0.25, 0.3) is 0 Å². The Kier molecular flexibility index (Phi) is 3.36. The number of hydrogen-bond donors (Lipinski definition) is 2. The molecule has 2 unspecified atom stereocenters. The standard InChI is InChI=1S/C14H17NO3/c1-8-3-10(6-11(4-8)14(17)18)13(16)15-7-12-5-9(12)2/h3-4,6,9,12H,5,7H2,1-2H3,(H,15,16)(H,17,18). The lowest BCUT2D eigenvalue weighted by Crippen LogP contribution is -2.26. The maximum Gasteiger partial charge on any atom is 0.335 e. The van der Waals surface area contributed by atoms with Gasteiger partial charge >= 0.3 is 5.97 Å². The number of carboxylic acids is 1. The van der Waals surface area contributed by atoms with Crippen molar-refractivity contribution < 1.29 is 14.7 Å². The number of aromatic carboxylic acids is 1. The van der Waals surface area contributed by atoms with Crippen molar-refractivity contribution in [1.29, 1.82) is 0 Å². The summed E-state index contributed by atoms with van der Waals surface area (Å²) in [5.74, 6) is 0.0685. The minimum Gasteiger partial charge on any atom is -0.478 e. The van der Waals surface area contributed by atoms with Crippen LogP contribution < -0.4 is 5.32 Å². The number of aryl methyl sites for hydroxylation is 1. The van der Waals surface area contributed by atoms with Crippen molar-refractivity contribution in [3.05, 3.63) is 34.9 Å². The van der Waals surface area contributed by atoms with Gasteiger partial charge in [-0.3, -0.25) is 4.79 Å². The number of amides is 1. The first-order valence-corrected chi connectivity index (χ1v) is 6.10. The Morgan fingerprint density at radius 1 is 1.33 bits per heavy atom. The quantitative estimate of drug-likeness (QED) is 0.856. The molecule has 4 nitrogen and oxygen atoms in total. The SMILES string of the molecule is Cc1cc(C(=O)O)cc(C(=O)NCC2CC2C)c1. The highest BCUT2D eigenvalue weighted by atomic mass is 16.4. The molecule has 0 heterocycles. The van der Waals surface area contributed by atoms with Crippen molar-refractivity contribution in [3.63, 3.8) is 0 Å². The van der Waals surface area contributed by atoms with Crippen LogP contribution in [-0.2, 0) is 0 Å². The van der Waals surface area contributed by atoms with Gasteiger partial charge in [0.2, 0.25) is 0 Å². The number of carbonyl (C=O) groups excluding carboxylic acids is 1. The molecule has 1 fully saturated rings. The molecule has 1 aromatic rings. The van der Waals surface area contributed by atoms with Gasteiger partial charge in [0, 0.05) is 12.1 Å². The van der Waals surface area contributed by atoms with Gasteiger partial charge in [-0.25, -0.2) is 4.79 Å². The summed E-state index contributed by atoms with van der Waals surface area (Å²) >= 11 is 0. The van der Waals surface area contributed by atoms with Crippen LogP contribution in [0, 0.1) is 18.8 Å². The normalized spacial score (nSPS) is 21.4. The Morgan fingerprint density at radius 2 is 1.94 bits per heavy atom. The van der Waals surface area contributed by atoms with Crippen molar-refractivity contribution in [2.45, 2.75) is 20.3 Å². The van der Waals surface area contributed by atoms with Gasteiger partial charge in [0.1, 0.15) is 0 Å². The van der Waals surface area contributed by atoms with Crippen molar-refractivity contribution in [1.82, 2.24) is 5.32 Å². The summed E-state index contributed by atoms with van der Waals surface area (Å²) in [7, 11) is 0. The van der Waals surface area contributed by atoms with Gasteiger partial charge in [0.05, 0.1) is 5.56 Å². The number of rotatable bonds is 4. The number of benzene rings is 1. The van der Waals surface area contributed by atoms with E-state index in [0.29, 0.717) is 23.9 Å². The zero-order chi connectivity index (χ0) is 13.3. The molecule has 0 saturated heterocycles.